The molecule has 0 unspecified atom stereocenters. The maximum absolute atomic E-state index is 12.5. The van der Waals surface area contributed by atoms with E-state index >= 15 is 0 Å². The molecule has 0 radical (unpaired) electrons. The summed E-state index contributed by atoms with van der Waals surface area (Å²) < 4.78 is 0.881. The van der Waals surface area contributed by atoms with Gasteiger partial charge in [0.2, 0.25) is 11.8 Å². The fourth-order valence-electron chi connectivity index (χ4n) is 2.76. The number of hydrogen-bond acceptors (Lipinski definition) is 4. The van der Waals surface area contributed by atoms with Crippen molar-refractivity contribution in [3.8, 4) is 5.75 Å². The molecule has 2 aromatic carbocycles. The zero-order chi connectivity index (χ0) is 19.4. The molecule has 1 heterocycles. The molecule has 1 fully saturated rings. The molecular weight excluding hydrogens is 412 g/mol. The Morgan fingerprint density at radius 2 is 1.96 bits per heavy atom. The minimum absolute atomic E-state index is 0.00702. The summed E-state index contributed by atoms with van der Waals surface area (Å²) >= 11 is 3.37. The van der Waals surface area contributed by atoms with Gasteiger partial charge in [0.15, 0.2) is 0 Å². The average molecular weight is 429 g/mol. The first-order valence-corrected chi connectivity index (χ1v) is 9.12. The van der Waals surface area contributed by atoms with Gasteiger partial charge in [-0.15, -0.1) is 0 Å². The van der Waals surface area contributed by atoms with Crippen molar-refractivity contribution in [1.82, 2.24) is 4.90 Å². The molecule has 0 aromatic heterocycles. The maximum atomic E-state index is 12.5. The number of hydrogen-bond donors (Lipinski definition) is 2. The van der Waals surface area contributed by atoms with Crippen LogP contribution in [0.3, 0.4) is 0 Å². The van der Waals surface area contributed by atoms with E-state index in [0.717, 1.165) is 14.9 Å². The molecule has 6 nitrogen and oxygen atoms in total. The standard InChI is InChI=1S/C20H17BrN2O4/c21-15-5-3-4-13(11-15)10-14-12-19(26)23(20(14)27)9-8-18(25)22-16-6-1-2-7-17(16)24/h1-7,10-11,24H,8-9,12H2,(H,22,25). The van der Waals surface area contributed by atoms with Crippen LogP contribution in [0.1, 0.15) is 18.4 Å². The van der Waals surface area contributed by atoms with E-state index in [1.165, 1.54) is 6.07 Å². The lowest BCUT2D eigenvalue weighted by atomic mass is 10.1. The molecule has 2 N–H and O–H groups in total. The Bertz CT molecular complexity index is 939. The summed E-state index contributed by atoms with van der Waals surface area (Å²) in [6.45, 7) is -0.00702. The normalized spacial score (nSPS) is 15.4. The second kappa shape index (κ2) is 8.18. The number of carbonyl (C=O) groups excluding carboxylic acids is 3. The van der Waals surface area contributed by atoms with E-state index in [1.807, 2.05) is 24.3 Å². The molecule has 138 valence electrons. The van der Waals surface area contributed by atoms with E-state index in [-0.39, 0.29) is 48.5 Å². The lowest BCUT2D eigenvalue weighted by Crippen LogP contribution is -2.32. The lowest BCUT2D eigenvalue weighted by Gasteiger charge is -2.13. The number of carbonyl (C=O) groups is 3. The Balaban J connectivity index is 1.62. The molecule has 0 atom stereocenters. The number of likely N-dealkylation sites (tertiary alicyclic amines) is 1. The minimum atomic E-state index is -0.387. The monoisotopic (exact) mass is 428 g/mol. The molecule has 3 amide bonds. The average Bonchev–Trinajstić information content (AvgIpc) is 2.88. The summed E-state index contributed by atoms with van der Waals surface area (Å²) in [6, 6.07) is 13.8. The molecule has 1 saturated heterocycles. The van der Waals surface area contributed by atoms with E-state index in [0.29, 0.717) is 5.57 Å². The first-order chi connectivity index (χ1) is 12.9. The molecule has 1 aliphatic rings. The number of phenolic OH excluding ortho intramolecular Hbond substituents is 1. The van der Waals surface area contributed by atoms with Gasteiger partial charge >= 0.3 is 0 Å². The summed E-state index contributed by atoms with van der Waals surface area (Å²) in [5.74, 6) is -1.13. The fourth-order valence-corrected chi connectivity index (χ4v) is 3.18. The van der Waals surface area contributed by atoms with Crippen molar-refractivity contribution in [3.63, 3.8) is 0 Å². The predicted molar refractivity (Wildman–Crippen MR) is 105 cm³/mol. The van der Waals surface area contributed by atoms with Gasteiger partial charge in [0, 0.05) is 23.0 Å². The van der Waals surface area contributed by atoms with Gasteiger partial charge in [-0.25, -0.2) is 0 Å². The van der Waals surface area contributed by atoms with Crippen molar-refractivity contribution in [2.24, 2.45) is 0 Å². The predicted octanol–water partition coefficient (Wildman–Crippen LogP) is 3.33. The van der Waals surface area contributed by atoms with Crippen molar-refractivity contribution in [2.75, 3.05) is 11.9 Å². The van der Waals surface area contributed by atoms with Crippen LogP contribution in [0, 0.1) is 0 Å². The number of nitrogens with zero attached hydrogens (tertiary/aromatic N) is 1. The SMILES string of the molecule is O=C(CCN1C(=O)CC(=Cc2cccc(Br)c2)C1=O)Nc1ccccc1O. The molecule has 0 spiro atoms. The second-order valence-corrected chi connectivity index (χ2v) is 6.98. The summed E-state index contributed by atoms with van der Waals surface area (Å²) in [4.78, 5) is 37.8. The molecule has 1 aliphatic heterocycles. The Kier molecular flexibility index (Phi) is 5.71. The van der Waals surface area contributed by atoms with Crippen molar-refractivity contribution in [3.05, 3.63) is 64.1 Å². The number of benzene rings is 2. The highest BCUT2D eigenvalue weighted by Gasteiger charge is 2.33. The highest BCUT2D eigenvalue weighted by atomic mass is 79.9. The number of halogens is 1. The van der Waals surface area contributed by atoms with Crippen LogP contribution in [-0.2, 0) is 14.4 Å². The van der Waals surface area contributed by atoms with Crippen molar-refractivity contribution < 1.29 is 19.5 Å². The lowest BCUT2D eigenvalue weighted by molar-refractivity contribution is -0.137. The molecule has 0 aliphatic carbocycles. The van der Waals surface area contributed by atoms with Crippen LogP contribution in [0.2, 0.25) is 0 Å². The molecular formula is C20H17BrN2O4. The smallest absolute Gasteiger partial charge is 0.256 e. The first-order valence-electron chi connectivity index (χ1n) is 8.33. The van der Waals surface area contributed by atoms with E-state index in [2.05, 4.69) is 21.2 Å². The van der Waals surface area contributed by atoms with Crippen LogP contribution in [0.4, 0.5) is 5.69 Å². The van der Waals surface area contributed by atoms with Crippen LogP contribution in [0.15, 0.2) is 58.6 Å². The van der Waals surface area contributed by atoms with Gasteiger partial charge in [-0.2, -0.15) is 0 Å². The highest BCUT2D eigenvalue weighted by Crippen LogP contribution is 2.24. The summed E-state index contributed by atoms with van der Waals surface area (Å²) in [5, 5.41) is 12.2. The number of amides is 3. The van der Waals surface area contributed by atoms with E-state index in [1.54, 1.807) is 24.3 Å². The highest BCUT2D eigenvalue weighted by molar-refractivity contribution is 9.10. The molecule has 27 heavy (non-hydrogen) atoms. The van der Waals surface area contributed by atoms with E-state index < -0.39 is 0 Å². The molecule has 0 bridgehead atoms. The number of anilines is 1. The third-order valence-electron chi connectivity index (χ3n) is 4.09. The Morgan fingerprint density at radius 3 is 2.70 bits per heavy atom. The Labute approximate surface area is 164 Å². The second-order valence-electron chi connectivity index (χ2n) is 6.07. The summed E-state index contributed by atoms with van der Waals surface area (Å²) in [7, 11) is 0. The Hall–Kier alpha value is -2.93. The first kappa shape index (κ1) is 18.8. The topological polar surface area (TPSA) is 86.7 Å². The fraction of sp³-hybridized carbons (Fsp3) is 0.150. The third-order valence-corrected chi connectivity index (χ3v) is 4.59. The number of aromatic hydroxyl groups is 1. The van der Waals surface area contributed by atoms with Crippen LogP contribution >= 0.6 is 15.9 Å². The van der Waals surface area contributed by atoms with Crippen molar-refractivity contribution in [1.29, 1.82) is 0 Å². The van der Waals surface area contributed by atoms with Gasteiger partial charge in [-0.1, -0.05) is 40.2 Å². The number of imide groups is 1. The number of rotatable bonds is 5. The summed E-state index contributed by atoms with van der Waals surface area (Å²) in [6.07, 6.45) is 1.66. The van der Waals surface area contributed by atoms with Gasteiger partial charge in [0.1, 0.15) is 5.75 Å². The maximum Gasteiger partial charge on any atom is 0.256 e. The largest absolute Gasteiger partial charge is 0.506 e. The summed E-state index contributed by atoms with van der Waals surface area (Å²) in [5.41, 5.74) is 1.51. The van der Waals surface area contributed by atoms with Crippen molar-refractivity contribution >= 4 is 45.4 Å². The van der Waals surface area contributed by atoms with Gasteiger partial charge in [-0.3, -0.25) is 19.3 Å². The molecule has 2 aromatic rings. The number of phenols is 1. The van der Waals surface area contributed by atoms with Crippen LogP contribution < -0.4 is 5.32 Å². The van der Waals surface area contributed by atoms with E-state index in [9.17, 15) is 19.5 Å². The van der Waals surface area contributed by atoms with Crippen LogP contribution in [0.5, 0.6) is 5.75 Å². The van der Waals surface area contributed by atoms with E-state index in [4.69, 9.17) is 0 Å². The van der Waals surface area contributed by atoms with Crippen LogP contribution in [0.25, 0.3) is 6.08 Å². The van der Waals surface area contributed by atoms with Gasteiger partial charge in [0.05, 0.1) is 12.1 Å². The van der Waals surface area contributed by atoms with Gasteiger partial charge < -0.3 is 10.4 Å². The van der Waals surface area contributed by atoms with Crippen LogP contribution in [-0.4, -0.2) is 34.3 Å². The Morgan fingerprint density at radius 1 is 1.19 bits per heavy atom. The number of para-hydroxylation sites is 2. The molecule has 7 heteroatoms. The molecule has 3 rings (SSSR count). The van der Waals surface area contributed by atoms with Gasteiger partial charge in [-0.05, 0) is 35.9 Å². The molecule has 0 saturated carbocycles. The third kappa shape index (κ3) is 4.62. The quantitative estimate of drug-likeness (QED) is 0.434. The van der Waals surface area contributed by atoms with Crippen molar-refractivity contribution in [2.45, 2.75) is 12.8 Å². The minimum Gasteiger partial charge on any atom is -0.506 e. The zero-order valence-electron chi connectivity index (χ0n) is 14.3. The van der Waals surface area contributed by atoms with Gasteiger partial charge in [0.25, 0.3) is 5.91 Å². The zero-order valence-corrected chi connectivity index (χ0v) is 15.9. The number of nitrogens with one attached hydrogen (secondary N) is 1.